The summed E-state index contributed by atoms with van der Waals surface area (Å²) in [6.45, 7) is 3.16. The van der Waals surface area contributed by atoms with Crippen LogP contribution in [0.1, 0.15) is 32.8 Å². The molecule has 1 aliphatic heterocycles. The molecule has 190 valence electrons. The van der Waals surface area contributed by atoms with E-state index in [1.54, 1.807) is 40.9 Å². The number of carbonyl (C=O) groups excluding carboxylic acids is 3. The van der Waals surface area contributed by atoms with E-state index in [-0.39, 0.29) is 28.5 Å². The largest absolute Gasteiger partial charge is 0.494 e. The van der Waals surface area contributed by atoms with Gasteiger partial charge in [-0.05, 0) is 24.1 Å². The number of carbonyl (C=O) groups is 3. The Labute approximate surface area is 209 Å². The summed E-state index contributed by atoms with van der Waals surface area (Å²) in [5, 5.41) is 0. The Morgan fingerprint density at radius 3 is 2.47 bits per heavy atom. The number of halogens is 1. The lowest BCUT2D eigenvalue weighted by Crippen LogP contribution is -2.35. The predicted octanol–water partition coefficient (Wildman–Crippen LogP) is 2.34. The summed E-state index contributed by atoms with van der Waals surface area (Å²) in [5.74, 6) is -1.61. The van der Waals surface area contributed by atoms with Crippen LogP contribution in [-0.4, -0.2) is 89.2 Å². The minimum absolute atomic E-state index is 0.106. The van der Waals surface area contributed by atoms with Crippen molar-refractivity contribution in [2.75, 3.05) is 47.4 Å². The molecule has 3 aromatic rings. The Morgan fingerprint density at radius 1 is 1.08 bits per heavy atom. The van der Waals surface area contributed by atoms with Gasteiger partial charge >= 0.3 is 0 Å². The molecule has 9 nitrogen and oxygen atoms in total. The molecule has 0 aliphatic carbocycles. The van der Waals surface area contributed by atoms with Crippen molar-refractivity contribution in [2.45, 2.75) is 13.0 Å². The number of rotatable bonds is 6. The van der Waals surface area contributed by atoms with Crippen molar-refractivity contribution in [3.63, 3.8) is 0 Å². The number of Topliss-reactive ketones (excluding diaryl/α,β-unsaturated/α-hetero) is 1. The van der Waals surface area contributed by atoms with Crippen molar-refractivity contribution < 1.29 is 23.5 Å². The Hall–Kier alpha value is -3.79. The summed E-state index contributed by atoms with van der Waals surface area (Å²) < 4.78 is 20.4. The Morgan fingerprint density at radius 2 is 1.81 bits per heavy atom. The fraction of sp³-hybridized carbons (Fsp3) is 0.385. The first kappa shape index (κ1) is 25.3. The van der Waals surface area contributed by atoms with E-state index in [1.807, 2.05) is 0 Å². The highest BCUT2D eigenvalue weighted by atomic mass is 19.1. The lowest BCUT2D eigenvalue weighted by atomic mass is 10.1. The maximum atomic E-state index is 13.6. The Bertz CT molecular complexity index is 1300. The summed E-state index contributed by atoms with van der Waals surface area (Å²) in [7, 11) is 6.23. The van der Waals surface area contributed by atoms with Crippen LogP contribution in [0.25, 0.3) is 11.0 Å². The first-order chi connectivity index (χ1) is 17.2. The van der Waals surface area contributed by atoms with E-state index in [0.717, 1.165) is 18.5 Å². The molecule has 1 aliphatic rings. The van der Waals surface area contributed by atoms with E-state index in [2.05, 4.69) is 9.88 Å². The third-order valence-electron chi connectivity index (χ3n) is 6.39. The summed E-state index contributed by atoms with van der Waals surface area (Å²) >= 11 is 0. The van der Waals surface area contributed by atoms with Crippen LogP contribution in [0.15, 0.2) is 36.5 Å². The van der Waals surface area contributed by atoms with Crippen LogP contribution in [-0.2, 0) is 18.4 Å². The van der Waals surface area contributed by atoms with Crippen molar-refractivity contribution in [1.82, 2.24) is 24.3 Å². The van der Waals surface area contributed by atoms with Gasteiger partial charge in [-0.15, -0.1) is 0 Å². The van der Waals surface area contributed by atoms with Crippen molar-refractivity contribution in [2.24, 2.45) is 7.05 Å². The van der Waals surface area contributed by atoms with Crippen LogP contribution in [0.2, 0.25) is 0 Å². The van der Waals surface area contributed by atoms with Gasteiger partial charge in [0.2, 0.25) is 0 Å². The average Bonchev–Trinajstić information content (AvgIpc) is 3.02. The zero-order valence-corrected chi connectivity index (χ0v) is 21.0. The molecular weight excluding hydrogens is 465 g/mol. The molecule has 3 heterocycles. The first-order valence-electron chi connectivity index (χ1n) is 11.8. The fourth-order valence-electron chi connectivity index (χ4n) is 4.40. The number of methoxy groups -OCH3 is 1. The highest BCUT2D eigenvalue weighted by molar-refractivity contribution is 6.44. The van der Waals surface area contributed by atoms with Crippen molar-refractivity contribution in [1.29, 1.82) is 0 Å². The minimum atomic E-state index is -0.687. The number of amides is 2. The Kier molecular flexibility index (Phi) is 7.35. The lowest BCUT2D eigenvalue weighted by molar-refractivity contribution is -0.124. The third-order valence-corrected chi connectivity index (χ3v) is 6.39. The van der Waals surface area contributed by atoms with Gasteiger partial charge < -0.3 is 19.1 Å². The normalized spacial score (nSPS) is 14.5. The van der Waals surface area contributed by atoms with E-state index in [0.29, 0.717) is 37.4 Å². The van der Waals surface area contributed by atoms with Gasteiger partial charge in [0, 0.05) is 66.1 Å². The number of hydrogen-bond donors (Lipinski definition) is 0. The minimum Gasteiger partial charge on any atom is -0.494 e. The SMILES string of the molecule is COc1cc2c(nc1C(=O)N1CCCN(Cc3ccc(F)cc3)CC1)c(C(=O)C(=O)N(C)C)cn2C. The number of aryl methyl sites for hydroxylation is 1. The molecule has 2 amide bonds. The molecule has 0 bridgehead atoms. The van der Waals surface area contributed by atoms with Gasteiger partial charge in [0.05, 0.1) is 18.2 Å². The number of hydrogen-bond acceptors (Lipinski definition) is 6. The van der Waals surface area contributed by atoms with Gasteiger partial charge in [-0.2, -0.15) is 0 Å². The summed E-state index contributed by atoms with van der Waals surface area (Å²) in [4.78, 5) is 48.4. The van der Waals surface area contributed by atoms with Gasteiger partial charge in [-0.3, -0.25) is 19.3 Å². The number of benzene rings is 1. The molecule has 2 aromatic heterocycles. The van der Waals surface area contributed by atoms with Crippen LogP contribution < -0.4 is 4.74 Å². The van der Waals surface area contributed by atoms with Gasteiger partial charge in [0.25, 0.3) is 17.6 Å². The Balaban J connectivity index is 1.59. The van der Waals surface area contributed by atoms with Crippen molar-refractivity contribution >= 4 is 28.6 Å². The van der Waals surface area contributed by atoms with Gasteiger partial charge in [-0.25, -0.2) is 9.37 Å². The average molecular weight is 496 g/mol. The van der Waals surface area contributed by atoms with Crippen LogP contribution in [0.3, 0.4) is 0 Å². The monoisotopic (exact) mass is 495 g/mol. The molecule has 10 heteroatoms. The number of ether oxygens (including phenoxy) is 1. The molecule has 1 fully saturated rings. The van der Waals surface area contributed by atoms with Gasteiger partial charge in [0.15, 0.2) is 11.4 Å². The molecule has 4 rings (SSSR count). The van der Waals surface area contributed by atoms with E-state index < -0.39 is 11.7 Å². The number of nitrogens with zero attached hydrogens (tertiary/aromatic N) is 5. The second kappa shape index (κ2) is 10.4. The first-order valence-corrected chi connectivity index (χ1v) is 11.8. The molecule has 0 saturated carbocycles. The maximum absolute atomic E-state index is 13.6. The van der Waals surface area contributed by atoms with E-state index in [9.17, 15) is 18.8 Å². The van der Waals surface area contributed by atoms with Crippen LogP contribution >= 0.6 is 0 Å². The second-order valence-electron chi connectivity index (χ2n) is 9.14. The van der Waals surface area contributed by atoms with Crippen LogP contribution in [0, 0.1) is 5.82 Å². The molecule has 36 heavy (non-hydrogen) atoms. The highest BCUT2D eigenvalue weighted by Crippen LogP contribution is 2.28. The van der Waals surface area contributed by atoms with Crippen molar-refractivity contribution in [3.05, 3.63) is 59.2 Å². The molecule has 0 atom stereocenters. The molecule has 0 unspecified atom stereocenters. The summed E-state index contributed by atoms with van der Waals surface area (Å²) in [6, 6.07) is 8.11. The molecule has 0 spiro atoms. The maximum Gasteiger partial charge on any atom is 0.294 e. The molecule has 1 saturated heterocycles. The quantitative estimate of drug-likeness (QED) is 0.385. The number of likely N-dealkylation sites (N-methyl/N-ethyl adjacent to an activating group) is 1. The molecule has 0 radical (unpaired) electrons. The third kappa shape index (κ3) is 5.08. The second-order valence-corrected chi connectivity index (χ2v) is 9.14. The zero-order valence-electron chi connectivity index (χ0n) is 21.0. The fourth-order valence-corrected chi connectivity index (χ4v) is 4.40. The summed E-state index contributed by atoms with van der Waals surface area (Å²) in [5.41, 5.74) is 2.13. The predicted molar refractivity (Wildman–Crippen MR) is 132 cm³/mol. The van der Waals surface area contributed by atoms with Crippen LogP contribution in [0.4, 0.5) is 4.39 Å². The van der Waals surface area contributed by atoms with E-state index in [4.69, 9.17) is 4.74 Å². The topological polar surface area (TPSA) is 88.0 Å². The van der Waals surface area contributed by atoms with E-state index in [1.165, 1.54) is 38.2 Å². The zero-order chi connectivity index (χ0) is 26.0. The molecule has 0 N–H and O–H groups in total. The van der Waals surface area contributed by atoms with Gasteiger partial charge in [0.1, 0.15) is 11.3 Å². The lowest BCUT2D eigenvalue weighted by Gasteiger charge is -2.22. The summed E-state index contributed by atoms with van der Waals surface area (Å²) in [6.07, 6.45) is 2.32. The number of aromatic nitrogens is 2. The van der Waals surface area contributed by atoms with Crippen LogP contribution in [0.5, 0.6) is 5.75 Å². The number of ketones is 1. The van der Waals surface area contributed by atoms with Crippen molar-refractivity contribution in [3.8, 4) is 5.75 Å². The number of pyridine rings is 1. The van der Waals surface area contributed by atoms with Gasteiger partial charge in [-0.1, -0.05) is 12.1 Å². The van der Waals surface area contributed by atoms with E-state index >= 15 is 0 Å². The molecule has 1 aromatic carbocycles. The molecular formula is C26H30FN5O4. The highest BCUT2D eigenvalue weighted by Gasteiger charge is 2.28. The standard InChI is InChI=1S/C26H30FN5O4/c1-29(2)26(35)24(33)19-16-30(3)20-14-21(36-4)23(28-22(19)20)25(34)32-11-5-10-31(12-13-32)15-17-6-8-18(27)9-7-17/h6-9,14,16H,5,10-13,15H2,1-4H3. The number of fused-ring (bicyclic) bond motifs is 1. The smallest absolute Gasteiger partial charge is 0.294 e.